The van der Waals surface area contributed by atoms with Crippen LogP contribution in [0.1, 0.15) is 19.0 Å². The first kappa shape index (κ1) is 13.5. The number of fused-ring (bicyclic) bond motifs is 1. The Morgan fingerprint density at radius 2 is 2.11 bits per heavy atom. The van der Waals surface area contributed by atoms with Crippen molar-refractivity contribution in [2.45, 2.75) is 25.8 Å². The van der Waals surface area contributed by atoms with E-state index in [0.717, 1.165) is 16.6 Å². The standard InChI is InChI=1S/C15H18N2O2/c1-2-12(10-18)17-15(19)9-13-8-7-11-5-3-4-6-14(11)16-13/h3-8,12,18H,2,9-10H2,1H3,(H,17,19). The van der Waals surface area contributed by atoms with Crippen molar-refractivity contribution in [1.82, 2.24) is 10.3 Å². The molecule has 0 aliphatic carbocycles. The molecule has 0 aliphatic heterocycles. The lowest BCUT2D eigenvalue weighted by Crippen LogP contribution is -2.37. The number of carbonyl (C=O) groups excluding carboxylic acids is 1. The largest absolute Gasteiger partial charge is 0.394 e. The van der Waals surface area contributed by atoms with Crippen molar-refractivity contribution in [3.8, 4) is 0 Å². The molecule has 4 heteroatoms. The molecule has 1 amide bonds. The summed E-state index contributed by atoms with van der Waals surface area (Å²) in [4.78, 5) is 16.3. The van der Waals surface area contributed by atoms with Crippen molar-refractivity contribution in [1.29, 1.82) is 0 Å². The predicted molar refractivity (Wildman–Crippen MR) is 74.8 cm³/mol. The van der Waals surface area contributed by atoms with Crippen LogP contribution in [0.2, 0.25) is 0 Å². The molecule has 0 fully saturated rings. The number of carbonyl (C=O) groups is 1. The molecule has 0 bridgehead atoms. The number of aliphatic hydroxyl groups is 1. The summed E-state index contributed by atoms with van der Waals surface area (Å²) in [7, 11) is 0. The Balaban J connectivity index is 2.06. The van der Waals surface area contributed by atoms with Crippen molar-refractivity contribution in [3.05, 3.63) is 42.1 Å². The summed E-state index contributed by atoms with van der Waals surface area (Å²) in [5, 5.41) is 12.9. The van der Waals surface area contributed by atoms with Gasteiger partial charge in [0.15, 0.2) is 0 Å². The number of pyridine rings is 1. The molecule has 1 heterocycles. The van der Waals surface area contributed by atoms with Gasteiger partial charge in [-0.15, -0.1) is 0 Å². The molecule has 0 aliphatic rings. The number of hydrogen-bond acceptors (Lipinski definition) is 3. The van der Waals surface area contributed by atoms with Gasteiger partial charge in [0.25, 0.3) is 0 Å². The zero-order valence-corrected chi connectivity index (χ0v) is 11.0. The van der Waals surface area contributed by atoms with Crippen molar-refractivity contribution in [3.63, 3.8) is 0 Å². The number of rotatable bonds is 5. The van der Waals surface area contributed by atoms with Crippen molar-refractivity contribution in [2.24, 2.45) is 0 Å². The summed E-state index contributed by atoms with van der Waals surface area (Å²) in [6.45, 7) is 1.89. The first-order valence-electron chi connectivity index (χ1n) is 6.47. The molecule has 19 heavy (non-hydrogen) atoms. The van der Waals surface area contributed by atoms with Crippen LogP contribution in [-0.2, 0) is 11.2 Å². The molecule has 2 rings (SSSR count). The van der Waals surface area contributed by atoms with E-state index in [0.29, 0.717) is 6.42 Å². The van der Waals surface area contributed by atoms with E-state index >= 15 is 0 Å². The third kappa shape index (κ3) is 3.51. The summed E-state index contributed by atoms with van der Waals surface area (Å²) in [5.74, 6) is -0.108. The predicted octanol–water partition coefficient (Wildman–Crippen LogP) is 1.66. The van der Waals surface area contributed by atoms with E-state index in [1.165, 1.54) is 0 Å². The minimum atomic E-state index is -0.173. The molecule has 0 saturated heterocycles. The maximum absolute atomic E-state index is 11.8. The Morgan fingerprint density at radius 3 is 2.84 bits per heavy atom. The molecule has 2 N–H and O–H groups in total. The topological polar surface area (TPSA) is 62.2 Å². The normalized spacial score (nSPS) is 12.3. The van der Waals surface area contributed by atoms with Gasteiger partial charge in [-0.25, -0.2) is 0 Å². The van der Waals surface area contributed by atoms with Crippen LogP contribution >= 0.6 is 0 Å². The van der Waals surface area contributed by atoms with Crippen LogP contribution in [0.5, 0.6) is 0 Å². The number of benzene rings is 1. The Labute approximate surface area is 112 Å². The van der Waals surface area contributed by atoms with Crippen LogP contribution in [0.4, 0.5) is 0 Å². The molecular formula is C15H18N2O2. The second-order valence-corrected chi connectivity index (χ2v) is 4.53. The molecule has 0 saturated carbocycles. The van der Waals surface area contributed by atoms with E-state index in [2.05, 4.69) is 10.3 Å². The first-order valence-corrected chi connectivity index (χ1v) is 6.47. The average molecular weight is 258 g/mol. The second kappa shape index (κ2) is 6.29. The summed E-state index contributed by atoms with van der Waals surface area (Å²) >= 11 is 0. The highest BCUT2D eigenvalue weighted by molar-refractivity contribution is 5.81. The minimum Gasteiger partial charge on any atom is -0.394 e. The van der Waals surface area contributed by atoms with E-state index in [1.807, 2.05) is 43.3 Å². The molecule has 2 aromatic rings. The van der Waals surface area contributed by atoms with Gasteiger partial charge in [0, 0.05) is 5.39 Å². The highest BCUT2D eigenvalue weighted by Gasteiger charge is 2.10. The van der Waals surface area contributed by atoms with Gasteiger partial charge in [0.1, 0.15) is 0 Å². The fourth-order valence-corrected chi connectivity index (χ4v) is 1.93. The average Bonchev–Trinajstić information content (AvgIpc) is 2.44. The second-order valence-electron chi connectivity index (χ2n) is 4.53. The third-order valence-corrected chi connectivity index (χ3v) is 3.08. The van der Waals surface area contributed by atoms with Crippen LogP contribution in [-0.4, -0.2) is 28.6 Å². The van der Waals surface area contributed by atoms with Crippen LogP contribution < -0.4 is 5.32 Å². The fraction of sp³-hybridized carbons (Fsp3) is 0.333. The fourth-order valence-electron chi connectivity index (χ4n) is 1.93. The Morgan fingerprint density at radius 1 is 1.32 bits per heavy atom. The van der Waals surface area contributed by atoms with Crippen molar-refractivity contribution in [2.75, 3.05) is 6.61 Å². The molecule has 1 unspecified atom stereocenters. The highest BCUT2D eigenvalue weighted by atomic mass is 16.3. The van der Waals surface area contributed by atoms with Crippen LogP contribution in [0.15, 0.2) is 36.4 Å². The maximum Gasteiger partial charge on any atom is 0.226 e. The lowest BCUT2D eigenvalue weighted by atomic mass is 10.1. The Hall–Kier alpha value is -1.94. The number of nitrogens with one attached hydrogen (secondary N) is 1. The Bertz CT molecular complexity index is 565. The van der Waals surface area contributed by atoms with Gasteiger partial charge < -0.3 is 10.4 Å². The van der Waals surface area contributed by atoms with Gasteiger partial charge in [-0.05, 0) is 18.6 Å². The van der Waals surface area contributed by atoms with Gasteiger partial charge in [-0.3, -0.25) is 9.78 Å². The number of amides is 1. The van der Waals surface area contributed by atoms with E-state index < -0.39 is 0 Å². The molecule has 0 spiro atoms. The molecule has 4 nitrogen and oxygen atoms in total. The summed E-state index contributed by atoms with van der Waals surface area (Å²) < 4.78 is 0. The van der Waals surface area contributed by atoms with Crippen LogP contribution in [0.3, 0.4) is 0 Å². The number of para-hydroxylation sites is 1. The smallest absolute Gasteiger partial charge is 0.226 e. The van der Waals surface area contributed by atoms with E-state index in [9.17, 15) is 4.79 Å². The molecule has 100 valence electrons. The summed E-state index contributed by atoms with van der Waals surface area (Å²) in [5.41, 5.74) is 1.63. The van der Waals surface area contributed by atoms with Gasteiger partial charge in [0.2, 0.25) is 5.91 Å². The monoisotopic (exact) mass is 258 g/mol. The number of aliphatic hydroxyl groups excluding tert-OH is 1. The highest BCUT2D eigenvalue weighted by Crippen LogP contribution is 2.12. The first-order chi connectivity index (χ1) is 9.22. The van der Waals surface area contributed by atoms with Crippen LogP contribution in [0, 0.1) is 0 Å². The Kier molecular flexibility index (Phi) is 4.47. The zero-order chi connectivity index (χ0) is 13.7. The zero-order valence-electron chi connectivity index (χ0n) is 11.0. The lowest BCUT2D eigenvalue weighted by molar-refractivity contribution is -0.121. The van der Waals surface area contributed by atoms with Crippen LogP contribution in [0.25, 0.3) is 10.9 Å². The third-order valence-electron chi connectivity index (χ3n) is 3.08. The number of aromatic nitrogens is 1. The molecular weight excluding hydrogens is 240 g/mol. The number of nitrogens with zero attached hydrogens (tertiary/aromatic N) is 1. The summed E-state index contributed by atoms with van der Waals surface area (Å²) in [6.07, 6.45) is 0.953. The van der Waals surface area contributed by atoms with Gasteiger partial charge in [-0.1, -0.05) is 31.2 Å². The minimum absolute atomic E-state index is 0.0343. The molecule has 1 atom stereocenters. The van der Waals surface area contributed by atoms with Gasteiger partial charge in [0.05, 0.1) is 30.3 Å². The molecule has 1 aromatic carbocycles. The van der Waals surface area contributed by atoms with Gasteiger partial charge in [-0.2, -0.15) is 0 Å². The van der Waals surface area contributed by atoms with Crippen molar-refractivity contribution >= 4 is 16.8 Å². The molecule has 0 radical (unpaired) electrons. The van der Waals surface area contributed by atoms with Crippen molar-refractivity contribution < 1.29 is 9.90 Å². The van der Waals surface area contributed by atoms with E-state index in [4.69, 9.17) is 5.11 Å². The van der Waals surface area contributed by atoms with Gasteiger partial charge >= 0.3 is 0 Å². The maximum atomic E-state index is 11.8. The van der Waals surface area contributed by atoms with E-state index in [-0.39, 0.29) is 25.0 Å². The quantitative estimate of drug-likeness (QED) is 0.857. The summed E-state index contributed by atoms with van der Waals surface area (Å²) in [6, 6.07) is 11.5. The molecule has 1 aromatic heterocycles. The lowest BCUT2D eigenvalue weighted by Gasteiger charge is -2.13. The number of hydrogen-bond donors (Lipinski definition) is 2. The SMILES string of the molecule is CCC(CO)NC(=O)Cc1ccc2ccccc2n1. The van der Waals surface area contributed by atoms with E-state index in [1.54, 1.807) is 0 Å².